The first-order valence-corrected chi connectivity index (χ1v) is 9.11. The van der Waals surface area contributed by atoms with Gasteiger partial charge in [-0.3, -0.25) is 0 Å². The van der Waals surface area contributed by atoms with Crippen molar-refractivity contribution in [3.05, 3.63) is 28.8 Å². The smallest absolute Gasteiger partial charge is 0.122 e. The highest BCUT2D eigenvalue weighted by molar-refractivity contribution is 5.50. The SMILES string of the molecule is COc1cc2c(cc1C(C)C)[C@H](O)C[C@H]1C(C)(C)CCC[C@]21C. The van der Waals surface area contributed by atoms with Gasteiger partial charge in [0.2, 0.25) is 0 Å². The van der Waals surface area contributed by atoms with Crippen molar-refractivity contribution >= 4 is 0 Å². The molecule has 0 heterocycles. The third-order valence-corrected chi connectivity index (χ3v) is 6.69. The molecule has 1 aromatic carbocycles. The van der Waals surface area contributed by atoms with Gasteiger partial charge in [-0.15, -0.1) is 0 Å². The van der Waals surface area contributed by atoms with Gasteiger partial charge in [0.05, 0.1) is 13.2 Å². The van der Waals surface area contributed by atoms with E-state index in [2.05, 4.69) is 46.8 Å². The molecule has 3 rings (SSSR count). The highest BCUT2D eigenvalue weighted by Crippen LogP contribution is 2.59. The third-order valence-electron chi connectivity index (χ3n) is 6.69. The van der Waals surface area contributed by atoms with Gasteiger partial charge < -0.3 is 9.84 Å². The Morgan fingerprint density at radius 1 is 1.17 bits per heavy atom. The van der Waals surface area contributed by atoms with Crippen LogP contribution in [0, 0.1) is 11.3 Å². The number of ether oxygens (including phenoxy) is 1. The van der Waals surface area contributed by atoms with Gasteiger partial charge in [-0.25, -0.2) is 0 Å². The predicted molar refractivity (Wildman–Crippen MR) is 95.1 cm³/mol. The van der Waals surface area contributed by atoms with Gasteiger partial charge in [0.1, 0.15) is 5.75 Å². The maximum absolute atomic E-state index is 10.9. The fraction of sp³-hybridized carbons (Fsp3) is 0.714. The molecule has 0 unspecified atom stereocenters. The van der Waals surface area contributed by atoms with Crippen LogP contribution in [-0.2, 0) is 5.41 Å². The average molecular weight is 316 g/mol. The Labute approximate surface area is 141 Å². The zero-order valence-electron chi connectivity index (χ0n) is 15.6. The minimum Gasteiger partial charge on any atom is -0.496 e. The molecule has 3 atom stereocenters. The van der Waals surface area contributed by atoms with E-state index < -0.39 is 0 Å². The van der Waals surface area contributed by atoms with Crippen LogP contribution in [0.4, 0.5) is 0 Å². The summed E-state index contributed by atoms with van der Waals surface area (Å²) in [4.78, 5) is 0. The molecular weight excluding hydrogens is 284 g/mol. The van der Waals surface area contributed by atoms with Crippen molar-refractivity contribution in [2.24, 2.45) is 11.3 Å². The first-order chi connectivity index (χ1) is 10.7. The van der Waals surface area contributed by atoms with E-state index in [1.807, 2.05) is 0 Å². The quantitative estimate of drug-likeness (QED) is 0.798. The zero-order chi connectivity index (χ0) is 17.0. The van der Waals surface area contributed by atoms with E-state index in [0.29, 0.717) is 11.8 Å². The first-order valence-electron chi connectivity index (χ1n) is 9.11. The van der Waals surface area contributed by atoms with Crippen LogP contribution >= 0.6 is 0 Å². The van der Waals surface area contributed by atoms with Crippen LogP contribution in [0.3, 0.4) is 0 Å². The summed E-state index contributed by atoms with van der Waals surface area (Å²) in [6.07, 6.45) is 4.29. The monoisotopic (exact) mass is 316 g/mol. The fourth-order valence-corrected chi connectivity index (χ4v) is 5.39. The summed E-state index contributed by atoms with van der Waals surface area (Å²) < 4.78 is 5.70. The second-order valence-electron chi connectivity index (χ2n) is 8.90. The Kier molecular flexibility index (Phi) is 4.03. The van der Waals surface area contributed by atoms with Crippen molar-refractivity contribution in [1.82, 2.24) is 0 Å². The molecule has 2 aliphatic carbocycles. The zero-order valence-corrected chi connectivity index (χ0v) is 15.6. The lowest BCUT2D eigenvalue weighted by Gasteiger charge is -2.55. The Balaban J connectivity index is 2.20. The number of aliphatic hydroxyl groups is 1. The highest BCUT2D eigenvalue weighted by Gasteiger charge is 2.51. The Bertz CT molecular complexity index is 602. The van der Waals surface area contributed by atoms with Crippen LogP contribution in [0.5, 0.6) is 5.75 Å². The number of fused-ring (bicyclic) bond motifs is 3. The number of hydrogen-bond donors (Lipinski definition) is 1. The topological polar surface area (TPSA) is 29.5 Å². The highest BCUT2D eigenvalue weighted by atomic mass is 16.5. The van der Waals surface area contributed by atoms with E-state index >= 15 is 0 Å². The normalized spacial score (nSPS) is 32.3. The Morgan fingerprint density at radius 2 is 1.87 bits per heavy atom. The fourth-order valence-electron chi connectivity index (χ4n) is 5.39. The summed E-state index contributed by atoms with van der Waals surface area (Å²) >= 11 is 0. The van der Waals surface area contributed by atoms with E-state index in [4.69, 9.17) is 4.74 Å². The molecular formula is C21H32O2. The van der Waals surface area contributed by atoms with Crippen molar-refractivity contribution in [3.63, 3.8) is 0 Å². The molecule has 0 radical (unpaired) electrons. The summed E-state index contributed by atoms with van der Waals surface area (Å²) in [7, 11) is 1.76. The van der Waals surface area contributed by atoms with E-state index in [0.717, 1.165) is 17.7 Å². The molecule has 0 aromatic heterocycles. The van der Waals surface area contributed by atoms with Crippen LogP contribution in [0.2, 0.25) is 0 Å². The lowest BCUT2D eigenvalue weighted by molar-refractivity contribution is -0.00689. The summed E-state index contributed by atoms with van der Waals surface area (Å²) in [5.41, 5.74) is 4.12. The van der Waals surface area contributed by atoms with E-state index in [-0.39, 0.29) is 16.9 Å². The molecule has 0 bridgehead atoms. The Morgan fingerprint density at radius 3 is 2.48 bits per heavy atom. The molecule has 2 nitrogen and oxygen atoms in total. The van der Waals surface area contributed by atoms with Gasteiger partial charge in [0.25, 0.3) is 0 Å². The molecule has 1 N–H and O–H groups in total. The number of methoxy groups -OCH3 is 1. The van der Waals surface area contributed by atoms with E-state index in [9.17, 15) is 5.11 Å². The summed E-state index contributed by atoms with van der Waals surface area (Å²) in [6.45, 7) is 11.6. The van der Waals surface area contributed by atoms with Crippen LogP contribution in [0.25, 0.3) is 0 Å². The molecule has 0 amide bonds. The van der Waals surface area contributed by atoms with Gasteiger partial charge in [-0.1, -0.05) is 41.0 Å². The second-order valence-corrected chi connectivity index (χ2v) is 8.90. The second kappa shape index (κ2) is 5.51. The molecule has 0 aliphatic heterocycles. The maximum Gasteiger partial charge on any atom is 0.122 e. The van der Waals surface area contributed by atoms with Gasteiger partial charge in [0.15, 0.2) is 0 Å². The number of hydrogen-bond acceptors (Lipinski definition) is 2. The van der Waals surface area contributed by atoms with Crippen molar-refractivity contribution in [1.29, 1.82) is 0 Å². The van der Waals surface area contributed by atoms with Gasteiger partial charge in [-0.2, -0.15) is 0 Å². The standard InChI is InChI=1S/C21H32O2/c1-13(2)14-10-15-16(11-18(14)23-6)21(5)9-7-8-20(3,4)19(21)12-17(15)22/h10-11,13,17,19,22H,7-9,12H2,1-6H3/t17-,19+,21-/m1/s1. The van der Waals surface area contributed by atoms with Crippen LogP contribution in [0.1, 0.15) is 89.0 Å². The van der Waals surface area contributed by atoms with Crippen molar-refractivity contribution in [2.45, 2.75) is 77.7 Å². The van der Waals surface area contributed by atoms with Gasteiger partial charge >= 0.3 is 0 Å². The molecule has 1 aromatic rings. The van der Waals surface area contributed by atoms with Crippen LogP contribution < -0.4 is 4.74 Å². The largest absolute Gasteiger partial charge is 0.496 e. The van der Waals surface area contributed by atoms with E-state index in [1.165, 1.54) is 30.4 Å². The maximum atomic E-state index is 10.9. The molecule has 2 aliphatic rings. The number of benzene rings is 1. The number of aliphatic hydroxyl groups excluding tert-OH is 1. The molecule has 2 heteroatoms. The molecule has 128 valence electrons. The summed E-state index contributed by atoms with van der Waals surface area (Å²) in [5.74, 6) is 1.91. The van der Waals surface area contributed by atoms with Crippen molar-refractivity contribution < 1.29 is 9.84 Å². The molecule has 23 heavy (non-hydrogen) atoms. The van der Waals surface area contributed by atoms with Gasteiger partial charge in [0, 0.05) is 0 Å². The predicted octanol–water partition coefficient (Wildman–Crippen LogP) is 5.34. The Hall–Kier alpha value is -1.02. The van der Waals surface area contributed by atoms with Crippen molar-refractivity contribution in [2.75, 3.05) is 7.11 Å². The minimum atomic E-state index is -0.344. The minimum absolute atomic E-state index is 0.152. The molecule has 0 saturated heterocycles. The first kappa shape index (κ1) is 16.8. The van der Waals surface area contributed by atoms with Crippen molar-refractivity contribution in [3.8, 4) is 5.75 Å². The third kappa shape index (κ3) is 2.50. The van der Waals surface area contributed by atoms with E-state index in [1.54, 1.807) is 7.11 Å². The molecule has 1 fully saturated rings. The average Bonchev–Trinajstić information content (AvgIpc) is 2.48. The summed E-state index contributed by atoms with van der Waals surface area (Å²) in [5, 5.41) is 10.9. The summed E-state index contributed by atoms with van der Waals surface area (Å²) in [6, 6.07) is 4.45. The van der Waals surface area contributed by atoms with Crippen LogP contribution in [0.15, 0.2) is 12.1 Å². The molecule has 1 saturated carbocycles. The lowest BCUT2D eigenvalue weighted by atomic mass is 9.50. The number of rotatable bonds is 2. The van der Waals surface area contributed by atoms with Gasteiger partial charge in [-0.05, 0) is 70.8 Å². The molecule has 0 spiro atoms. The lowest BCUT2D eigenvalue weighted by Crippen LogP contribution is -2.48. The van der Waals surface area contributed by atoms with Crippen LogP contribution in [-0.4, -0.2) is 12.2 Å².